The van der Waals surface area contributed by atoms with Crippen molar-refractivity contribution in [3.63, 3.8) is 0 Å². The van der Waals surface area contributed by atoms with Gasteiger partial charge in [-0.2, -0.15) is 0 Å². The third-order valence-corrected chi connectivity index (χ3v) is 4.60. The number of carbonyl (C=O) groups is 2. The second-order valence-corrected chi connectivity index (χ2v) is 6.92. The molecule has 0 bridgehead atoms. The van der Waals surface area contributed by atoms with Crippen LogP contribution in [-0.2, 0) is 0 Å². The standard InChI is InChI=1S/C19H19N5O2S/c1-12-8-10-13(11-9-12)16(25)23-17-15(18(26)24(2)20)22-19(27-17)21-14-6-4-3-5-7-14/h3-11H,20H2,1-2H3,(H,21,22)(H,23,25). The van der Waals surface area contributed by atoms with Crippen molar-refractivity contribution >= 4 is 39.0 Å². The number of amides is 2. The fourth-order valence-electron chi connectivity index (χ4n) is 2.30. The first kappa shape index (κ1) is 18.6. The van der Waals surface area contributed by atoms with E-state index in [-0.39, 0.29) is 11.6 Å². The highest BCUT2D eigenvalue weighted by atomic mass is 32.1. The van der Waals surface area contributed by atoms with E-state index in [9.17, 15) is 9.59 Å². The number of hydrazine groups is 1. The van der Waals surface area contributed by atoms with Crippen molar-refractivity contribution in [1.29, 1.82) is 0 Å². The van der Waals surface area contributed by atoms with E-state index in [0.717, 1.165) is 16.3 Å². The van der Waals surface area contributed by atoms with E-state index in [2.05, 4.69) is 15.6 Å². The van der Waals surface area contributed by atoms with Gasteiger partial charge in [0.1, 0.15) is 5.00 Å². The molecule has 0 radical (unpaired) electrons. The van der Waals surface area contributed by atoms with Crippen molar-refractivity contribution < 1.29 is 9.59 Å². The van der Waals surface area contributed by atoms with Crippen LogP contribution in [0, 0.1) is 6.92 Å². The van der Waals surface area contributed by atoms with E-state index in [1.54, 1.807) is 12.1 Å². The average Bonchev–Trinajstić information content (AvgIpc) is 3.04. The fraction of sp³-hybridized carbons (Fsp3) is 0.105. The Bertz CT molecular complexity index is 952. The van der Waals surface area contributed by atoms with Crippen LogP contribution in [0.25, 0.3) is 0 Å². The number of benzene rings is 2. The van der Waals surface area contributed by atoms with E-state index >= 15 is 0 Å². The third kappa shape index (κ3) is 4.49. The van der Waals surface area contributed by atoms with Crippen LogP contribution in [0.15, 0.2) is 54.6 Å². The summed E-state index contributed by atoms with van der Waals surface area (Å²) >= 11 is 1.17. The predicted octanol–water partition coefficient (Wildman–Crippen LogP) is 3.39. The van der Waals surface area contributed by atoms with Gasteiger partial charge in [-0.05, 0) is 31.2 Å². The molecule has 0 fully saturated rings. The van der Waals surface area contributed by atoms with Crippen molar-refractivity contribution in [2.75, 3.05) is 17.7 Å². The molecule has 0 aliphatic heterocycles. The first-order valence-corrected chi connectivity index (χ1v) is 8.99. The monoisotopic (exact) mass is 381 g/mol. The molecule has 7 nitrogen and oxygen atoms in total. The molecule has 27 heavy (non-hydrogen) atoms. The van der Waals surface area contributed by atoms with E-state index in [1.807, 2.05) is 49.4 Å². The number of nitrogens with one attached hydrogen (secondary N) is 2. The molecule has 3 rings (SSSR count). The van der Waals surface area contributed by atoms with Crippen molar-refractivity contribution in [3.8, 4) is 0 Å². The van der Waals surface area contributed by atoms with Crippen LogP contribution in [0.4, 0.5) is 15.8 Å². The maximum atomic E-state index is 12.5. The Morgan fingerprint density at radius 3 is 2.37 bits per heavy atom. The zero-order valence-corrected chi connectivity index (χ0v) is 15.7. The highest BCUT2D eigenvalue weighted by Gasteiger charge is 2.22. The molecular formula is C19H19N5O2S. The van der Waals surface area contributed by atoms with Crippen LogP contribution < -0.4 is 16.5 Å². The number of para-hydroxylation sites is 1. The van der Waals surface area contributed by atoms with Crippen molar-refractivity contribution in [2.45, 2.75) is 6.92 Å². The summed E-state index contributed by atoms with van der Waals surface area (Å²) in [6.07, 6.45) is 0. The fourth-order valence-corrected chi connectivity index (χ4v) is 3.17. The molecule has 0 saturated carbocycles. The first-order valence-electron chi connectivity index (χ1n) is 8.17. The smallest absolute Gasteiger partial charge is 0.289 e. The number of aromatic nitrogens is 1. The SMILES string of the molecule is Cc1ccc(C(=O)Nc2sc(Nc3ccccc3)nc2C(=O)N(C)N)cc1. The zero-order chi connectivity index (χ0) is 19.4. The molecule has 1 heterocycles. The van der Waals surface area contributed by atoms with Gasteiger partial charge in [-0.25, -0.2) is 10.8 Å². The minimum absolute atomic E-state index is 0.0869. The number of nitrogens with zero attached hydrogens (tertiary/aromatic N) is 2. The number of anilines is 3. The maximum absolute atomic E-state index is 12.5. The van der Waals surface area contributed by atoms with Crippen LogP contribution >= 0.6 is 11.3 Å². The van der Waals surface area contributed by atoms with Crippen LogP contribution in [0.3, 0.4) is 0 Å². The lowest BCUT2D eigenvalue weighted by molar-refractivity contribution is 0.0791. The van der Waals surface area contributed by atoms with Gasteiger partial charge in [-0.3, -0.25) is 14.6 Å². The van der Waals surface area contributed by atoms with Gasteiger partial charge in [0.2, 0.25) is 0 Å². The van der Waals surface area contributed by atoms with Gasteiger partial charge in [0.25, 0.3) is 11.8 Å². The Kier molecular flexibility index (Phi) is 5.49. The number of rotatable bonds is 5. The molecule has 3 aromatic rings. The summed E-state index contributed by atoms with van der Waals surface area (Å²) in [7, 11) is 1.43. The van der Waals surface area contributed by atoms with Gasteiger partial charge in [-0.15, -0.1) is 0 Å². The topological polar surface area (TPSA) is 100 Å². The Morgan fingerprint density at radius 2 is 1.74 bits per heavy atom. The Hall–Kier alpha value is -3.23. The second kappa shape index (κ2) is 7.98. The number of nitrogens with two attached hydrogens (primary N) is 1. The molecular weight excluding hydrogens is 362 g/mol. The summed E-state index contributed by atoms with van der Waals surface area (Å²) in [5.41, 5.74) is 2.46. The van der Waals surface area contributed by atoms with Crippen LogP contribution in [0.2, 0.25) is 0 Å². The molecule has 0 spiro atoms. The van der Waals surface area contributed by atoms with Gasteiger partial charge < -0.3 is 10.6 Å². The predicted molar refractivity (Wildman–Crippen MR) is 107 cm³/mol. The summed E-state index contributed by atoms with van der Waals surface area (Å²) in [4.78, 5) is 29.2. The van der Waals surface area contributed by atoms with E-state index in [0.29, 0.717) is 15.7 Å². The van der Waals surface area contributed by atoms with E-state index in [4.69, 9.17) is 5.84 Å². The summed E-state index contributed by atoms with van der Waals surface area (Å²) in [6.45, 7) is 1.94. The molecule has 0 saturated heterocycles. The van der Waals surface area contributed by atoms with Crippen LogP contribution in [-0.4, -0.2) is 28.9 Å². The van der Waals surface area contributed by atoms with Crippen molar-refractivity contribution in [2.24, 2.45) is 5.84 Å². The summed E-state index contributed by atoms with van der Waals surface area (Å²) < 4.78 is 0. The molecule has 138 valence electrons. The number of aryl methyl sites for hydroxylation is 1. The molecule has 1 aromatic heterocycles. The minimum Gasteiger partial charge on any atom is -0.331 e. The molecule has 8 heteroatoms. The minimum atomic E-state index is -0.494. The van der Waals surface area contributed by atoms with E-state index < -0.39 is 5.91 Å². The summed E-state index contributed by atoms with van der Waals surface area (Å²) in [5.74, 6) is 4.76. The van der Waals surface area contributed by atoms with Crippen LogP contribution in [0.1, 0.15) is 26.4 Å². The van der Waals surface area contributed by atoms with E-state index in [1.165, 1.54) is 18.4 Å². The lowest BCUT2D eigenvalue weighted by atomic mass is 10.1. The quantitative estimate of drug-likeness (QED) is 0.357. The summed E-state index contributed by atoms with van der Waals surface area (Å²) in [5, 5.41) is 7.63. The maximum Gasteiger partial charge on any atom is 0.289 e. The molecule has 0 unspecified atom stereocenters. The summed E-state index contributed by atoms with van der Waals surface area (Å²) in [6, 6.07) is 16.6. The van der Waals surface area contributed by atoms with Gasteiger partial charge >= 0.3 is 0 Å². The molecule has 2 aromatic carbocycles. The Morgan fingerprint density at radius 1 is 1.07 bits per heavy atom. The first-order chi connectivity index (χ1) is 12.9. The molecule has 2 amide bonds. The second-order valence-electron chi connectivity index (χ2n) is 5.92. The largest absolute Gasteiger partial charge is 0.331 e. The number of carbonyl (C=O) groups excluding carboxylic acids is 2. The van der Waals surface area contributed by atoms with Gasteiger partial charge in [0.05, 0.1) is 0 Å². The lowest BCUT2D eigenvalue weighted by Crippen LogP contribution is -2.34. The lowest BCUT2D eigenvalue weighted by Gasteiger charge is -2.09. The van der Waals surface area contributed by atoms with Crippen LogP contribution in [0.5, 0.6) is 0 Å². The number of hydrogen-bond acceptors (Lipinski definition) is 6. The molecule has 0 aliphatic carbocycles. The third-order valence-electron chi connectivity index (χ3n) is 3.72. The average molecular weight is 381 g/mol. The normalized spacial score (nSPS) is 10.3. The van der Waals surface area contributed by atoms with Gasteiger partial charge in [-0.1, -0.05) is 47.2 Å². The zero-order valence-electron chi connectivity index (χ0n) is 14.9. The molecule has 0 aliphatic rings. The van der Waals surface area contributed by atoms with Crippen molar-refractivity contribution in [3.05, 3.63) is 71.4 Å². The highest BCUT2D eigenvalue weighted by Crippen LogP contribution is 2.31. The van der Waals surface area contributed by atoms with Crippen molar-refractivity contribution in [1.82, 2.24) is 9.99 Å². The Balaban J connectivity index is 1.88. The highest BCUT2D eigenvalue weighted by molar-refractivity contribution is 7.20. The Labute approximate surface area is 160 Å². The number of thiazole rings is 1. The molecule has 0 atom stereocenters. The molecule has 4 N–H and O–H groups in total. The van der Waals surface area contributed by atoms with Gasteiger partial charge in [0, 0.05) is 18.3 Å². The van der Waals surface area contributed by atoms with Gasteiger partial charge in [0.15, 0.2) is 10.8 Å². The number of hydrogen-bond donors (Lipinski definition) is 3.